The van der Waals surface area contributed by atoms with Crippen LogP contribution in [0.1, 0.15) is 31.4 Å². The second kappa shape index (κ2) is 7.89. The molecule has 0 radical (unpaired) electrons. The van der Waals surface area contributed by atoms with Gasteiger partial charge in [0.1, 0.15) is 6.07 Å². The maximum Gasteiger partial charge on any atom is 0.416 e. The standard InChI is InChI=1S/C15H19F3N2O/c1-11(2)10-21-7-3-6-20-14-5-4-13(15(16,17)18)8-12(14)9-19/h4-5,8,11,20H,3,6-7,10H2,1-2H3. The molecule has 0 amide bonds. The largest absolute Gasteiger partial charge is 0.416 e. The van der Waals surface area contributed by atoms with E-state index < -0.39 is 11.7 Å². The first kappa shape index (κ1) is 17.3. The summed E-state index contributed by atoms with van der Waals surface area (Å²) in [6.45, 7) is 5.91. The summed E-state index contributed by atoms with van der Waals surface area (Å²) in [5.74, 6) is 0.470. The molecule has 1 aromatic rings. The Bertz CT molecular complexity index is 493. The third-order valence-electron chi connectivity index (χ3n) is 2.70. The number of benzene rings is 1. The molecule has 0 saturated heterocycles. The quantitative estimate of drug-likeness (QED) is 0.773. The van der Waals surface area contributed by atoms with Crippen LogP contribution in [0.4, 0.5) is 18.9 Å². The molecular weight excluding hydrogens is 281 g/mol. The summed E-state index contributed by atoms with van der Waals surface area (Å²) in [6.07, 6.45) is -3.71. The Hall–Kier alpha value is -1.74. The monoisotopic (exact) mass is 300 g/mol. The van der Waals surface area contributed by atoms with Crippen molar-refractivity contribution in [3.8, 4) is 6.07 Å². The summed E-state index contributed by atoms with van der Waals surface area (Å²) < 4.78 is 43.0. The van der Waals surface area contributed by atoms with E-state index in [4.69, 9.17) is 10.00 Å². The van der Waals surface area contributed by atoms with Crippen molar-refractivity contribution in [1.29, 1.82) is 5.26 Å². The zero-order valence-corrected chi connectivity index (χ0v) is 12.1. The second-order valence-electron chi connectivity index (χ2n) is 5.12. The van der Waals surface area contributed by atoms with Crippen molar-refractivity contribution in [1.82, 2.24) is 0 Å². The molecule has 3 nitrogen and oxygen atoms in total. The fourth-order valence-electron chi connectivity index (χ4n) is 1.68. The van der Waals surface area contributed by atoms with E-state index in [1.807, 2.05) is 0 Å². The summed E-state index contributed by atoms with van der Waals surface area (Å²) >= 11 is 0. The fraction of sp³-hybridized carbons (Fsp3) is 0.533. The molecule has 0 saturated carbocycles. The van der Waals surface area contributed by atoms with Crippen LogP contribution in [0.2, 0.25) is 0 Å². The van der Waals surface area contributed by atoms with Gasteiger partial charge in [0.05, 0.1) is 16.8 Å². The van der Waals surface area contributed by atoms with Crippen molar-refractivity contribution < 1.29 is 17.9 Å². The van der Waals surface area contributed by atoms with Crippen molar-refractivity contribution in [2.75, 3.05) is 25.1 Å². The molecule has 0 bridgehead atoms. The molecule has 0 aliphatic carbocycles. The van der Waals surface area contributed by atoms with Crippen molar-refractivity contribution in [3.05, 3.63) is 29.3 Å². The van der Waals surface area contributed by atoms with Gasteiger partial charge in [0.15, 0.2) is 0 Å². The van der Waals surface area contributed by atoms with E-state index in [2.05, 4.69) is 19.2 Å². The predicted octanol–water partition coefficient (Wildman–Crippen LogP) is 4.05. The molecule has 6 heteroatoms. The molecule has 0 aromatic heterocycles. The zero-order valence-electron chi connectivity index (χ0n) is 12.1. The molecular formula is C15H19F3N2O. The first-order valence-corrected chi connectivity index (χ1v) is 6.77. The number of hydrogen-bond donors (Lipinski definition) is 1. The Labute approximate surface area is 122 Å². The highest BCUT2D eigenvalue weighted by atomic mass is 19.4. The van der Waals surface area contributed by atoms with Crippen LogP contribution >= 0.6 is 0 Å². The van der Waals surface area contributed by atoms with Gasteiger partial charge in [-0.25, -0.2) is 0 Å². The first-order valence-electron chi connectivity index (χ1n) is 6.77. The highest BCUT2D eigenvalue weighted by Crippen LogP contribution is 2.31. The van der Waals surface area contributed by atoms with Crippen molar-refractivity contribution in [2.24, 2.45) is 5.92 Å². The molecule has 21 heavy (non-hydrogen) atoms. The SMILES string of the molecule is CC(C)COCCCNc1ccc(C(F)(F)F)cc1C#N. The molecule has 1 N–H and O–H groups in total. The van der Waals surface area contributed by atoms with Crippen molar-refractivity contribution in [3.63, 3.8) is 0 Å². The molecule has 1 aromatic carbocycles. The Balaban J connectivity index is 2.51. The lowest BCUT2D eigenvalue weighted by molar-refractivity contribution is -0.137. The summed E-state index contributed by atoms with van der Waals surface area (Å²) in [5, 5.41) is 11.9. The van der Waals surface area contributed by atoms with Crippen LogP contribution < -0.4 is 5.32 Å². The number of nitriles is 1. The number of rotatable bonds is 7. The molecule has 0 unspecified atom stereocenters. The minimum Gasteiger partial charge on any atom is -0.384 e. The summed E-state index contributed by atoms with van der Waals surface area (Å²) in [5.41, 5.74) is -0.410. The van der Waals surface area contributed by atoms with E-state index in [9.17, 15) is 13.2 Å². The lowest BCUT2D eigenvalue weighted by Crippen LogP contribution is -2.10. The number of hydrogen-bond acceptors (Lipinski definition) is 3. The Kier molecular flexibility index (Phi) is 6.50. The lowest BCUT2D eigenvalue weighted by Gasteiger charge is -2.12. The molecule has 0 aliphatic rings. The van der Waals surface area contributed by atoms with Gasteiger partial charge in [0.25, 0.3) is 0 Å². The molecule has 0 aliphatic heterocycles. The van der Waals surface area contributed by atoms with Crippen LogP contribution in [0.25, 0.3) is 0 Å². The molecule has 0 fully saturated rings. The topological polar surface area (TPSA) is 45.0 Å². The van der Waals surface area contributed by atoms with E-state index in [0.717, 1.165) is 18.6 Å². The average Bonchev–Trinajstić information content (AvgIpc) is 2.41. The Morgan fingerprint density at radius 3 is 2.62 bits per heavy atom. The highest BCUT2D eigenvalue weighted by Gasteiger charge is 2.30. The summed E-state index contributed by atoms with van der Waals surface area (Å²) in [6, 6.07) is 4.90. The van der Waals surface area contributed by atoms with Crippen LogP contribution in [0, 0.1) is 17.2 Å². The number of nitrogens with one attached hydrogen (secondary N) is 1. The van der Waals surface area contributed by atoms with Crippen LogP contribution in [0.3, 0.4) is 0 Å². The summed E-state index contributed by atoms with van der Waals surface area (Å²) in [7, 11) is 0. The van der Waals surface area contributed by atoms with Gasteiger partial charge in [-0.2, -0.15) is 18.4 Å². The van der Waals surface area contributed by atoms with E-state index >= 15 is 0 Å². The van der Waals surface area contributed by atoms with Crippen LogP contribution in [0.5, 0.6) is 0 Å². The molecule has 0 heterocycles. The Morgan fingerprint density at radius 2 is 2.05 bits per heavy atom. The maximum atomic E-state index is 12.5. The molecule has 1 rings (SSSR count). The lowest BCUT2D eigenvalue weighted by atomic mass is 10.1. The van der Waals surface area contributed by atoms with E-state index in [1.54, 1.807) is 6.07 Å². The highest BCUT2D eigenvalue weighted by molar-refractivity contribution is 5.58. The van der Waals surface area contributed by atoms with Crippen LogP contribution in [0.15, 0.2) is 18.2 Å². The van der Waals surface area contributed by atoms with Gasteiger partial charge >= 0.3 is 6.18 Å². The molecule has 116 valence electrons. The van der Waals surface area contributed by atoms with E-state index in [1.165, 1.54) is 6.07 Å². The van der Waals surface area contributed by atoms with Crippen molar-refractivity contribution >= 4 is 5.69 Å². The molecule has 0 spiro atoms. The fourth-order valence-corrected chi connectivity index (χ4v) is 1.68. The number of nitrogens with zero attached hydrogens (tertiary/aromatic N) is 1. The molecule has 0 atom stereocenters. The minimum absolute atomic E-state index is 0.00655. The zero-order chi connectivity index (χ0) is 15.9. The second-order valence-corrected chi connectivity index (χ2v) is 5.12. The average molecular weight is 300 g/mol. The third-order valence-corrected chi connectivity index (χ3v) is 2.70. The minimum atomic E-state index is -4.44. The van der Waals surface area contributed by atoms with Crippen LogP contribution in [-0.2, 0) is 10.9 Å². The number of halogens is 3. The van der Waals surface area contributed by atoms with Gasteiger partial charge in [-0.1, -0.05) is 13.8 Å². The van der Waals surface area contributed by atoms with Gasteiger partial charge in [-0.05, 0) is 30.5 Å². The third kappa shape index (κ3) is 6.05. The first-order chi connectivity index (χ1) is 9.84. The van der Waals surface area contributed by atoms with Crippen LogP contribution in [-0.4, -0.2) is 19.8 Å². The van der Waals surface area contributed by atoms with E-state index in [0.29, 0.717) is 31.4 Å². The normalized spacial score (nSPS) is 11.5. The number of alkyl halides is 3. The smallest absolute Gasteiger partial charge is 0.384 e. The maximum absolute atomic E-state index is 12.5. The summed E-state index contributed by atoms with van der Waals surface area (Å²) in [4.78, 5) is 0. The van der Waals surface area contributed by atoms with E-state index in [-0.39, 0.29) is 5.56 Å². The van der Waals surface area contributed by atoms with Gasteiger partial charge in [-0.15, -0.1) is 0 Å². The number of anilines is 1. The van der Waals surface area contributed by atoms with Gasteiger partial charge < -0.3 is 10.1 Å². The Morgan fingerprint density at radius 1 is 1.33 bits per heavy atom. The predicted molar refractivity (Wildman–Crippen MR) is 74.9 cm³/mol. The van der Waals surface area contributed by atoms with Gasteiger partial charge in [-0.3, -0.25) is 0 Å². The van der Waals surface area contributed by atoms with Gasteiger partial charge in [0.2, 0.25) is 0 Å². The number of ether oxygens (including phenoxy) is 1. The van der Waals surface area contributed by atoms with Crippen molar-refractivity contribution in [2.45, 2.75) is 26.4 Å². The van der Waals surface area contributed by atoms with Gasteiger partial charge in [0, 0.05) is 19.8 Å².